The highest BCUT2D eigenvalue weighted by Crippen LogP contribution is 2.26. The molecule has 19 heavy (non-hydrogen) atoms. The first-order valence-corrected chi connectivity index (χ1v) is 6.87. The maximum absolute atomic E-state index is 12.4. The molecule has 108 valence electrons. The number of halogens is 1. The lowest BCUT2D eigenvalue weighted by molar-refractivity contribution is -0.134. The first-order chi connectivity index (χ1) is 8.72. The fourth-order valence-corrected chi connectivity index (χ4v) is 2.47. The molecule has 0 radical (unpaired) electrons. The van der Waals surface area contributed by atoms with Crippen LogP contribution in [0.15, 0.2) is 0 Å². The Balaban J connectivity index is 2.99. The number of ether oxygens (including phenoxy) is 1. The maximum Gasteiger partial charge on any atom is 0.168 e. The van der Waals surface area contributed by atoms with Gasteiger partial charge in [-0.05, 0) is 19.3 Å². The zero-order valence-corrected chi connectivity index (χ0v) is 13.3. The third kappa shape index (κ3) is 3.57. The molecule has 0 spiro atoms. The van der Waals surface area contributed by atoms with Crippen molar-refractivity contribution in [2.24, 2.45) is 5.41 Å². The Morgan fingerprint density at radius 2 is 2.05 bits per heavy atom. The van der Waals surface area contributed by atoms with Crippen LogP contribution in [0.3, 0.4) is 0 Å². The minimum atomic E-state index is -0.441. The zero-order chi connectivity index (χ0) is 14.8. The molecule has 1 aromatic rings. The molecule has 1 heterocycles. The predicted octanol–water partition coefficient (Wildman–Crippen LogP) is 3.04. The van der Waals surface area contributed by atoms with Crippen molar-refractivity contribution in [3.63, 3.8) is 0 Å². The van der Waals surface area contributed by atoms with Crippen LogP contribution in [0.1, 0.15) is 39.1 Å². The van der Waals surface area contributed by atoms with Crippen molar-refractivity contribution in [2.45, 2.75) is 53.7 Å². The largest absolute Gasteiger partial charge is 0.373 e. The molecule has 1 aromatic heterocycles. The summed E-state index contributed by atoms with van der Waals surface area (Å²) in [6.07, 6.45) is -0.187. The van der Waals surface area contributed by atoms with Crippen LogP contribution in [-0.4, -0.2) is 28.8 Å². The average Bonchev–Trinajstić information content (AvgIpc) is 2.55. The number of aromatic nitrogens is 2. The number of Topliss-reactive ketones (excluding diaryl/α,β-unsaturated/α-hetero) is 1. The molecule has 0 fully saturated rings. The highest BCUT2D eigenvalue weighted by molar-refractivity contribution is 6.32. The summed E-state index contributed by atoms with van der Waals surface area (Å²) in [5.41, 5.74) is 1.30. The van der Waals surface area contributed by atoms with E-state index in [0.29, 0.717) is 11.6 Å². The van der Waals surface area contributed by atoms with Gasteiger partial charge in [-0.25, -0.2) is 0 Å². The first-order valence-electron chi connectivity index (χ1n) is 6.49. The Morgan fingerprint density at radius 3 is 2.47 bits per heavy atom. The van der Waals surface area contributed by atoms with E-state index in [0.717, 1.165) is 11.4 Å². The number of nitrogens with zero attached hydrogens (tertiary/aromatic N) is 2. The Morgan fingerprint density at radius 1 is 1.47 bits per heavy atom. The number of hydrogen-bond acceptors (Lipinski definition) is 3. The molecular weight excluding hydrogens is 264 g/mol. The first kappa shape index (κ1) is 16.2. The lowest BCUT2D eigenvalue weighted by atomic mass is 9.85. The monoisotopic (exact) mass is 286 g/mol. The normalized spacial score (nSPS) is 13.6. The van der Waals surface area contributed by atoms with E-state index in [1.165, 1.54) is 0 Å². The summed E-state index contributed by atoms with van der Waals surface area (Å²) in [7, 11) is 1.57. The molecule has 4 nitrogen and oxygen atoms in total. The second-order valence-electron chi connectivity index (χ2n) is 5.79. The van der Waals surface area contributed by atoms with Crippen LogP contribution in [0.4, 0.5) is 0 Å². The fraction of sp³-hybridized carbons (Fsp3) is 0.714. The number of hydrogen-bond donors (Lipinski definition) is 0. The van der Waals surface area contributed by atoms with E-state index in [1.54, 1.807) is 11.8 Å². The van der Waals surface area contributed by atoms with Gasteiger partial charge < -0.3 is 4.74 Å². The molecule has 0 N–H and O–H groups in total. The number of methoxy groups -OCH3 is 1. The summed E-state index contributed by atoms with van der Waals surface area (Å²) in [4.78, 5) is 12.4. The molecule has 1 unspecified atom stereocenters. The smallest absolute Gasteiger partial charge is 0.168 e. The molecular formula is C14H23ClN2O2. The molecule has 5 heteroatoms. The van der Waals surface area contributed by atoms with Crippen molar-refractivity contribution in [3.8, 4) is 0 Å². The molecule has 0 aliphatic heterocycles. The Hall–Kier alpha value is -0.870. The second kappa shape index (κ2) is 6.06. The van der Waals surface area contributed by atoms with Gasteiger partial charge in [-0.1, -0.05) is 32.4 Å². The third-order valence-corrected chi connectivity index (χ3v) is 3.60. The zero-order valence-electron chi connectivity index (χ0n) is 12.6. The third-order valence-electron chi connectivity index (χ3n) is 3.11. The van der Waals surface area contributed by atoms with Gasteiger partial charge >= 0.3 is 0 Å². The number of rotatable bonds is 5. The summed E-state index contributed by atoms with van der Waals surface area (Å²) in [5.74, 6) is 0.0338. The maximum atomic E-state index is 12.4. The van der Waals surface area contributed by atoms with Gasteiger partial charge in [-0.15, -0.1) is 0 Å². The van der Waals surface area contributed by atoms with Gasteiger partial charge in [0.1, 0.15) is 6.10 Å². The van der Waals surface area contributed by atoms with E-state index in [-0.39, 0.29) is 17.6 Å². The van der Waals surface area contributed by atoms with Crippen LogP contribution in [0.25, 0.3) is 0 Å². The molecule has 0 aliphatic rings. The number of carbonyl (C=O) groups excluding carboxylic acids is 1. The van der Waals surface area contributed by atoms with E-state index in [4.69, 9.17) is 16.3 Å². The second-order valence-corrected chi connectivity index (χ2v) is 6.16. The van der Waals surface area contributed by atoms with Crippen molar-refractivity contribution in [2.75, 3.05) is 7.11 Å². The molecule has 0 saturated heterocycles. The minimum Gasteiger partial charge on any atom is -0.373 e. The van der Waals surface area contributed by atoms with E-state index in [1.807, 2.05) is 34.6 Å². The van der Waals surface area contributed by atoms with E-state index in [9.17, 15) is 4.79 Å². The number of ketones is 1. The lowest BCUT2D eigenvalue weighted by Crippen LogP contribution is -2.37. The Kier molecular flexibility index (Phi) is 5.16. The van der Waals surface area contributed by atoms with Crippen LogP contribution < -0.4 is 0 Å². The minimum absolute atomic E-state index is 0.0338. The fourth-order valence-electron chi connectivity index (χ4n) is 2.26. The molecule has 1 atom stereocenters. The standard InChI is InChI=1S/C14H23ClN2O2/c1-7-17-10(12(15)9(2)16-17)8-11(18)13(19-6)14(3,4)5/h13H,7-8H2,1-6H3. The van der Waals surface area contributed by atoms with Gasteiger partial charge in [-0.2, -0.15) is 5.10 Å². The Bertz CT molecular complexity index is 461. The van der Waals surface area contributed by atoms with Gasteiger partial charge in [0.2, 0.25) is 0 Å². The highest BCUT2D eigenvalue weighted by atomic mass is 35.5. The summed E-state index contributed by atoms with van der Waals surface area (Å²) >= 11 is 6.22. The van der Waals surface area contributed by atoms with E-state index >= 15 is 0 Å². The van der Waals surface area contributed by atoms with Crippen LogP contribution in [0.2, 0.25) is 5.02 Å². The van der Waals surface area contributed by atoms with Crippen molar-refractivity contribution < 1.29 is 9.53 Å². The molecule has 0 saturated carbocycles. The summed E-state index contributed by atoms with van der Waals surface area (Å²) in [6, 6.07) is 0. The van der Waals surface area contributed by atoms with E-state index in [2.05, 4.69) is 5.10 Å². The van der Waals surface area contributed by atoms with Crippen molar-refractivity contribution in [1.82, 2.24) is 9.78 Å². The van der Waals surface area contributed by atoms with Crippen molar-refractivity contribution in [3.05, 3.63) is 16.4 Å². The van der Waals surface area contributed by atoms with Crippen molar-refractivity contribution >= 4 is 17.4 Å². The van der Waals surface area contributed by atoms with Crippen LogP contribution >= 0.6 is 11.6 Å². The topological polar surface area (TPSA) is 44.1 Å². The summed E-state index contributed by atoms with van der Waals surface area (Å²) < 4.78 is 7.13. The van der Waals surface area contributed by atoms with Gasteiger partial charge in [-0.3, -0.25) is 9.48 Å². The SMILES string of the molecule is CCn1nc(C)c(Cl)c1CC(=O)C(OC)C(C)(C)C. The molecule has 0 bridgehead atoms. The molecule has 1 rings (SSSR count). The molecule has 0 aromatic carbocycles. The van der Waals surface area contributed by atoms with Crippen molar-refractivity contribution in [1.29, 1.82) is 0 Å². The van der Waals surface area contributed by atoms with Gasteiger partial charge in [0.15, 0.2) is 5.78 Å². The van der Waals surface area contributed by atoms with E-state index < -0.39 is 6.10 Å². The highest BCUT2D eigenvalue weighted by Gasteiger charge is 2.32. The van der Waals surface area contributed by atoms with Crippen LogP contribution in [-0.2, 0) is 22.5 Å². The number of aryl methyl sites for hydroxylation is 2. The van der Waals surface area contributed by atoms with Crippen LogP contribution in [0.5, 0.6) is 0 Å². The van der Waals surface area contributed by atoms with Gasteiger partial charge in [0, 0.05) is 13.7 Å². The predicted molar refractivity (Wildman–Crippen MR) is 76.6 cm³/mol. The Labute approximate surface area is 120 Å². The number of carbonyl (C=O) groups is 1. The lowest BCUT2D eigenvalue weighted by Gasteiger charge is -2.28. The van der Waals surface area contributed by atoms with Gasteiger partial charge in [0.25, 0.3) is 0 Å². The summed E-state index contributed by atoms with van der Waals surface area (Å²) in [5, 5.41) is 4.90. The average molecular weight is 287 g/mol. The van der Waals surface area contributed by atoms with Gasteiger partial charge in [0.05, 0.1) is 22.8 Å². The molecule has 0 amide bonds. The molecule has 0 aliphatic carbocycles. The quantitative estimate of drug-likeness (QED) is 0.836. The summed E-state index contributed by atoms with van der Waals surface area (Å²) in [6.45, 7) is 10.5. The van der Waals surface area contributed by atoms with Crippen LogP contribution in [0, 0.1) is 12.3 Å².